The van der Waals surface area contributed by atoms with Crippen molar-refractivity contribution < 1.29 is 23.9 Å². The molecule has 180 valence electrons. The number of carbonyl (C=O) groups excluding carboxylic acids is 4. The Kier molecular flexibility index (Phi) is 5.79. The molecule has 3 aliphatic rings. The number of esters is 1. The smallest absolute Gasteiger partial charge is 0.316 e. The maximum atomic E-state index is 13.0. The van der Waals surface area contributed by atoms with Crippen molar-refractivity contribution in [1.29, 1.82) is 0 Å². The van der Waals surface area contributed by atoms with E-state index in [0.29, 0.717) is 18.5 Å². The van der Waals surface area contributed by atoms with Crippen LogP contribution in [0.4, 0.5) is 11.4 Å². The van der Waals surface area contributed by atoms with Gasteiger partial charge in [-0.25, -0.2) is 4.90 Å². The third-order valence-corrected chi connectivity index (χ3v) is 7.23. The lowest BCUT2D eigenvalue weighted by atomic mass is 9.82. The van der Waals surface area contributed by atoms with E-state index in [1.54, 1.807) is 29.2 Å². The summed E-state index contributed by atoms with van der Waals surface area (Å²) < 4.78 is 5.61. The van der Waals surface area contributed by atoms with Crippen LogP contribution in [0.2, 0.25) is 0 Å². The Morgan fingerprint density at radius 2 is 1.71 bits per heavy atom. The summed E-state index contributed by atoms with van der Waals surface area (Å²) in [6.45, 7) is 6.13. The van der Waals surface area contributed by atoms with Crippen molar-refractivity contribution in [2.75, 3.05) is 16.3 Å². The fourth-order valence-electron chi connectivity index (χ4n) is 5.29. The van der Waals surface area contributed by atoms with Gasteiger partial charge in [-0.15, -0.1) is 0 Å². The van der Waals surface area contributed by atoms with Crippen LogP contribution in [0, 0.1) is 31.6 Å². The Hall–Kier alpha value is -3.74. The minimum Gasteiger partial charge on any atom is -0.426 e. The highest BCUT2D eigenvalue weighted by atomic mass is 16.5. The molecule has 3 amide bonds. The Morgan fingerprint density at radius 1 is 0.943 bits per heavy atom. The summed E-state index contributed by atoms with van der Waals surface area (Å²) in [7, 11) is 0. The topological polar surface area (TPSA) is 84.0 Å². The quantitative estimate of drug-likeness (QED) is 0.289. The molecule has 0 aromatic heterocycles. The van der Waals surface area contributed by atoms with Crippen LogP contribution in [0.3, 0.4) is 0 Å². The molecule has 0 unspecified atom stereocenters. The summed E-state index contributed by atoms with van der Waals surface area (Å²) in [5, 5.41) is 0. The Balaban J connectivity index is 1.30. The molecule has 2 aromatic rings. The maximum Gasteiger partial charge on any atom is 0.316 e. The third-order valence-electron chi connectivity index (χ3n) is 7.23. The van der Waals surface area contributed by atoms with Crippen molar-refractivity contribution in [3.8, 4) is 5.75 Å². The fraction of sp³-hybridized carbons (Fsp3) is 0.357. The standard InChI is InChI=1S/C28H28N2O5/c1-16-8-10-22-23(11-16)27(33)30(26(22)32)20-5-4-6-21(14-20)35-28(34)19-13-25(31)29(15-19)24-12-17(2)7-9-18(24)3/h4-9,12,14,19,22-23H,10-11,13,15H2,1-3H3/t19-,22+,23-/m1/s1. The van der Waals surface area contributed by atoms with E-state index in [9.17, 15) is 19.2 Å². The van der Waals surface area contributed by atoms with E-state index in [0.717, 1.165) is 22.4 Å². The number of hydrogen-bond donors (Lipinski definition) is 0. The Labute approximate surface area is 204 Å². The maximum absolute atomic E-state index is 13.0. The normalized spacial score (nSPS) is 24.0. The third kappa shape index (κ3) is 4.16. The molecule has 2 aromatic carbocycles. The lowest BCUT2D eigenvalue weighted by Crippen LogP contribution is -2.31. The molecule has 2 heterocycles. The van der Waals surface area contributed by atoms with Crippen LogP contribution in [0.15, 0.2) is 54.1 Å². The molecule has 0 bridgehead atoms. The second-order valence-corrected chi connectivity index (χ2v) is 9.83. The number of imide groups is 1. The van der Waals surface area contributed by atoms with Crippen LogP contribution in [-0.2, 0) is 19.2 Å². The summed E-state index contributed by atoms with van der Waals surface area (Å²) >= 11 is 0. The van der Waals surface area contributed by atoms with Crippen molar-refractivity contribution >= 4 is 35.1 Å². The van der Waals surface area contributed by atoms with E-state index >= 15 is 0 Å². The van der Waals surface area contributed by atoms with Gasteiger partial charge in [0.2, 0.25) is 17.7 Å². The number of fused-ring (bicyclic) bond motifs is 1. The Morgan fingerprint density at radius 3 is 2.51 bits per heavy atom. The van der Waals surface area contributed by atoms with Gasteiger partial charge in [0.1, 0.15) is 5.75 Å². The second-order valence-electron chi connectivity index (χ2n) is 9.83. The average molecular weight is 473 g/mol. The summed E-state index contributed by atoms with van der Waals surface area (Å²) in [6, 6.07) is 12.4. The molecule has 35 heavy (non-hydrogen) atoms. The van der Waals surface area contributed by atoms with Gasteiger partial charge in [-0.05, 0) is 62.9 Å². The monoisotopic (exact) mass is 472 g/mol. The van der Waals surface area contributed by atoms with Crippen LogP contribution in [-0.4, -0.2) is 30.2 Å². The number of benzene rings is 2. The Bertz CT molecular complexity index is 1280. The van der Waals surface area contributed by atoms with E-state index in [1.807, 2.05) is 45.0 Å². The number of ether oxygens (including phenoxy) is 1. The average Bonchev–Trinajstić information content (AvgIpc) is 3.33. The molecule has 5 rings (SSSR count). The number of aryl methyl sites for hydroxylation is 2. The molecule has 0 radical (unpaired) electrons. The van der Waals surface area contributed by atoms with Gasteiger partial charge in [-0.1, -0.05) is 29.8 Å². The molecule has 7 heteroatoms. The zero-order valence-corrected chi connectivity index (χ0v) is 20.1. The van der Waals surface area contributed by atoms with E-state index in [4.69, 9.17) is 4.74 Å². The zero-order valence-electron chi connectivity index (χ0n) is 20.1. The molecule has 1 aliphatic carbocycles. The highest BCUT2D eigenvalue weighted by molar-refractivity contribution is 6.22. The molecule has 2 aliphatic heterocycles. The number of rotatable bonds is 4. The van der Waals surface area contributed by atoms with Gasteiger partial charge in [0, 0.05) is 24.7 Å². The molecule has 3 atom stereocenters. The molecular weight excluding hydrogens is 444 g/mol. The largest absolute Gasteiger partial charge is 0.426 e. The second kappa shape index (κ2) is 8.80. The molecule has 0 spiro atoms. The molecule has 2 saturated heterocycles. The predicted octanol–water partition coefficient (Wildman–Crippen LogP) is 4.11. The zero-order chi connectivity index (χ0) is 24.9. The van der Waals surface area contributed by atoms with Gasteiger partial charge in [-0.3, -0.25) is 19.2 Å². The van der Waals surface area contributed by atoms with Gasteiger partial charge in [-0.2, -0.15) is 0 Å². The van der Waals surface area contributed by atoms with E-state index in [-0.39, 0.29) is 48.3 Å². The van der Waals surface area contributed by atoms with Crippen molar-refractivity contribution in [3.05, 3.63) is 65.2 Å². The van der Waals surface area contributed by atoms with Gasteiger partial charge in [0.15, 0.2) is 0 Å². The minimum absolute atomic E-state index is 0.0741. The molecule has 2 fully saturated rings. The van der Waals surface area contributed by atoms with Crippen LogP contribution in [0.1, 0.15) is 37.3 Å². The summed E-state index contributed by atoms with van der Waals surface area (Å²) in [5.41, 5.74) is 4.34. The van der Waals surface area contributed by atoms with Crippen molar-refractivity contribution in [3.63, 3.8) is 0 Å². The SMILES string of the molecule is CC1=CC[C@@H]2C(=O)N(c3cccc(OC(=O)[C@@H]4CC(=O)N(c5cc(C)ccc5C)C4)c3)C(=O)[C@@H]2C1. The van der Waals surface area contributed by atoms with Gasteiger partial charge in [0.05, 0.1) is 23.4 Å². The first-order valence-corrected chi connectivity index (χ1v) is 12.0. The van der Waals surface area contributed by atoms with Crippen LogP contribution in [0.5, 0.6) is 5.75 Å². The van der Waals surface area contributed by atoms with Crippen molar-refractivity contribution in [2.24, 2.45) is 17.8 Å². The number of amides is 3. The molecule has 0 N–H and O–H groups in total. The first kappa shape index (κ1) is 23.0. The number of carbonyl (C=O) groups is 4. The van der Waals surface area contributed by atoms with Gasteiger partial charge < -0.3 is 9.64 Å². The van der Waals surface area contributed by atoms with E-state index in [2.05, 4.69) is 0 Å². The van der Waals surface area contributed by atoms with Crippen LogP contribution in [0.25, 0.3) is 0 Å². The summed E-state index contributed by atoms with van der Waals surface area (Å²) in [4.78, 5) is 54.5. The van der Waals surface area contributed by atoms with Gasteiger partial charge in [0.25, 0.3) is 0 Å². The minimum atomic E-state index is -0.599. The summed E-state index contributed by atoms with van der Waals surface area (Å²) in [5.74, 6) is -2.06. The fourth-order valence-corrected chi connectivity index (χ4v) is 5.29. The van der Waals surface area contributed by atoms with E-state index < -0.39 is 11.9 Å². The van der Waals surface area contributed by atoms with Crippen molar-refractivity contribution in [1.82, 2.24) is 0 Å². The number of nitrogens with zero attached hydrogens (tertiary/aromatic N) is 2. The highest BCUT2D eigenvalue weighted by Crippen LogP contribution is 2.40. The number of anilines is 2. The number of allylic oxidation sites excluding steroid dienone is 2. The summed E-state index contributed by atoms with van der Waals surface area (Å²) in [6.07, 6.45) is 3.26. The highest BCUT2D eigenvalue weighted by Gasteiger charge is 2.48. The lowest BCUT2D eigenvalue weighted by molar-refractivity contribution is -0.139. The van der Waals surface area contributed by atoms with Crippen LogP contribution >= 0.6 is 0 Å². The number of hydrogen-bond acceptors (Lipinski definition) is 5. The first-order valence-electron chi connectivity index (χ1n) is 12.0. The van der Waals surface area contributed by atoms with Crippen LogP contribution < -0.4 is 14.5 Å². The van der Waals surface area contributed by atoms with Gasteiger partial charge >= 0.3 is 5.97 Å². The molecule has 7 nitrogen and oxygen atoms in total. The lowest BCUT2D eigenvalue weighted by Gasteiger charge is -2.19. The predicted molar refractivity (Wildman–Crippen MR) is 131 cm³/mol. The molecule has 0 saturated carbocycles. The molecular formula is C28H28N2O5. The first-order chi connectivity index (χ1) is 16.7. The van der Waals surface area contributed by atoms with Crippen molar-refractivity contribution in [2.45, 2.75) is 40.0 Å². The van der Waals surface area contributed by atoms with E-state index in [1.165, 1.54) is 4.90 Å².